The van der Waals surface area contributed by atoms with Crippen LogP contribution in [0.25, 0.3) is 0 Å². The van der Waals surface area contributed by atoms with E-state index < -0.39 is 24.3 Å². The summed E-state index contributed by atoms with van der Waals surface area (Å²) < 4.78 is 5.81. The van der Waals surface area contributed by atoms with Crippen LogP contribution >= 0.6 is 11.6 Å². The van der Waals surface area contributed by atoms with Gasteiger partial charge in [-0.2, -0.15) is 0 Å². The summed E-state index contributed by atoms with van der Waals surface area (Å²) in [6.07, 6.45) is 0.410. The molecule has 1 fully saturated rings. The van der Waals surface area contributed by atoms with Crippen LogP contribution in [0.4, 0.5) is 10.5 Å². The molecule has 0 aliphatic carbocycles. The highest BCUT2D eigenvalue weighted by Crippen LogP contribution is 2.25. The predicted molar refractivity (Wildman–Crippen MR) is 115 cm³/mol. The number of hydrogen-bond donors (Lipinski definition) is 4. The van der Waals surface area contributed by atoms with Crippen LogP contribution in [0.2, 0.25) is 5.02 Å². The van der Waals surface area contributed by atoms with Crippen molar-refractivity contribution in [1.82, 2.24) is 15.2 Å². The molecule has 9 heteroatoms. The van der Waals surface area contributed by atoms with Crippen LogP contribution in [0.15, 0.2) is 48.7 Å². The van der Waals surface area contributed by atoms with Gasteiger partial charge in [0.05, 0.1) is 18.8 Å². The van der Waals surface area contributed by atoms with Gasteiger partial charge < -0.3 is 25.6 Å². The van der Waals surface area contributed by atoms with E-state index in [1.54, 1.807) is 30.5 Å². The van der Waals surface area contributed by atoms with Gasteiger partial charge in [0.2, 0.25) is 0 Å². The Balaban J connectivity index is 1.57. The van der Waals surface area contributed by atoms with Crippen LogP contribution in [-0.4, -0.2) is 77.2 Å². The topological polar surface area (TPSA) is 107 Å². The Labute approximate surface area is 180 Å². The molecule has 8 nitrogen and oxygen atoms in total. The fourth-order valence-corrected chi connectivity index (χ4v) is 3.80. The Hall–Kier alpha value is -2.23. The Morgan fingerprint density at radius 1 is 1.27 bits per heavy atom. The number of aliphatic hydroxyl groups excluding tert-OH is 2. The molecule has 1 aromatic carbocycles. The van der Waals surface area contributed by atoms with E-state index in [9.17, 15) is 15.0 Å². The van der Waals surface area contributed by atoms with Gasteiger partial charge in [-0.15, -0.1) is 0 Å². The van der Waals surface area contributed by atoms with Crippen molar-refractivity contribution in [1.29, 1.82) is 0 Å². The number of aliphatic hydroxyl groups is 2. The number of benzene rings is 1. The third-order valence-electron chi connectivity index (χ3n) is 5.14. The SMILES string of the molecule is CN(CCc1ccccn1)[C@H]1[C@H](O)[C@H](CO)O[C@@H]1CNC(=O)Nc1cccc(Cl)c1. The van der Waals surface area contributed by atoms with Crippen LogP contribution in [0.1, 0.15) is 5.69 Å². The van der Waals surface area contributed by atoms with Crippen molar-refractivity contribution in [2.75, 3.05) is 32.1 Å². The standard InChI is InChI=1S/C21H27ClN4O4/c1-26(10-8-15-6-2-3-9-23-15)19-17(30-18(13-27)20(19)28)12-24-21(29)25-16-7-4-5-14(22)11-16/h2-7,9,11,17-20,27-28H,8,10,12-13H2,1H3,(H2,24,25,29)/t17-,18+,19-,20-/m1/s1. The molecule has 0 saturated carbocycles. The molecule has 1 aromatic heterocycles. The molecule has 4 N–H and O–H groups in total. The third-order valence-corrected chi connectivity index (χ3v) is 5.38. The van der Waals surface area contributed by atoms with E-state index in [1.807, 2.05) is 30.1 Å². The van der Waals surface area contributed by atoms with Crippen LogP contribution in [0.3, 0.4) is 0 Å². The molecule has 1 saturated heterocycles. The number of urea groups is 1. The number of nitrogens with one attached hydrogen (secondary N) is 2. The fraction of sp³-hybridized carbons (Fsp3) is 0.429. The van der Waals surface area contributed by atoms with Crippen molar-refractivity contribution in [2.24, 2.45) is 0 Å². The van der Waals surface area contributed by atoms with Crippen LogP contribution < -0.4 is 10.6 Å². The molecule has 4 atom stereocenters. The molecule has 2 heterocycles. The second-order valence-corrected chi connectivity index (χ2v) is 7.71. The molecule has 2 amide bonds. The number of halogens is 1. The van der Waals surface area contributed by atoms with Gasteiger partial charge >= 0.3 is 6.03 Å². The monoisotopic (exact) mass is 434 g/mol. The lowest BCUT2D eigenvalue weighted by atomic mass is 10.0. The normalized spacial score (nSPS) is 23.5. The molecule has 1 aliphatic heterocycles. The summed E-state index contributed by atoms with van der Waals surface area (Å²) in [4.78, 5) is 18.5. The summed E-state index contributed by atoms with van der Waals surface area (Å²) in [6.45, 7) is 0.529. The van der Waals surface area contributed by atoms with Gasteiger partial charge in [-0.05, 0) is 37.4 Å². The average Bonchev–Trinajstić information content (AvgIpc) is 3.06. The van der Waals surface area contributed by atoms with E-state index in [-0.39, 0.29) is 19.2 Å². The van der Waals surface area contributed by atoms with Gasteiger partial charge in [-0.1, -0.05) is 23.7 Å². The fourth-order valence-electron chi connectivity index (χ4n) is 3.61. The van der Waals surface area contributed by atoms with Gasteiger partial charge in [0.1, 0.15) is 12.2 Å². The largest absolute Gasteiger partial charge is 0.394 e. The van der Waals surface area contributed by atoms with Gasteiger partial charge in [-0.3, -0.25) is 9.88 Å². The van der Waals surface area contributed by atoms with Crippen LogP contribution in [0.5, 0.6) is 0 Å². The number of nitrogens with zero attached hydrogens (tertiary/aromatic N) is 2. The minimum absolute atomic E-state index is 0.179. The molecule has 3 rings (SSSR count). The van der Waals surface area contributed by atoms with Crippen molar-refractivity contribution in [3.05, 3.63) is 59.4 Å². The van der Waals surface area contributed by atoms with E-state index in [0.29, 0.717) is 23.7 Å². The number of anilines is 1. The molecule has 0 bridgehead atoms. The number of carbonyl (C=O) groups is 1. The average molecular weight is 435 g/mol. The number of likely N-dealkylation sites (N-methyl/N-ethyl adjacent to an activating group) is 1. The molecule has 30 heavy (non-hydrogen) atoms. The molecule has 0 unspecified atom stereocenters. The van der Waals surface area contributed by atoms with Crippen molar-refractivity contribution in [2.45, 2.75) is 30.8 Å². The highest BCUT2D eigenvalue weighted by molar-refractivity contribution is 6.30. The van der Waals surface area contributed by atoms with Gasteiger partial charge in [0.15, 0.2) is 0 Å². The Morgan fingerprint density at radius 3 is 2.80 bits per heavy atom. The maximum Gasteiger partial charge on any atom is 0.319 e. The third kappa shape index (κ3) is 5.90. The summed E-state index contributed by atoms with van der Waals surface area (Å²) in [5.41, 5.74) is 1.52. The summed E-state index contributed by atoms with van der Waals surface area (Å²) in [5, 5.41) is 26.2. The molecule has 162 valence electrons. The van der Waals surface area contributed by atoms with Crippen LogP contribution in [0, 0.1) is 0 Å². The first kappa shape index (κ1) is 22.5. The summed E-state index contributed by atoms with van der Waals surface area (Å²) in [7, 11) is 1.89. The first-order valence-corrected chi connectivity index (χ1v) is 10.2. The molecule has 1 aliphatic rings. The lowest BCUT2D eigenvalue weighted by molar-refractivity contribution is -0.0205. The maximum absolute atomic E-state index is 12.2. The molecule has 2 aromatic rings. The number of rotatable bonds is 8. The number of aromatic nitrogens is 1. The van der Waals surface area contributed by atoms with E-state index in [1.165, 1.54) is 0 Å². The number of pyridine rings is 1. The highest BCUT2D eigenvalue weighted by Gasteiger charge is 2.45. The molecule has 0 spiro atoms. The molecular formula is C21H27ClN4O4. The van der Waals surface area contributed by atoms with Crippen molar-refractivity contribution < 1.29 is 19.7 Å². The zero-order chi connectivity index (χ0) is 21.5. The number of carbonyl (C=O) groups excluding carboxylic acids is 1. The molecular weight excluding hydrogens is 408 g/mol. The lowest BCUT2D eigenvalue weighted by Crippen LogP contribution is -2.50. The minimum Gasteiger partial charge on any atom is -0.394 e. The minimum atomic E-state index is -0.869. The van der Waals surface area contributed by atoms with Crippen LogP contribution in [-0.2, 0) is 11.2 Å². The number of amides is 2. The maximum atomic E-state index is 12.2. The Kier molecular flexibility index (Phi) is 8.01. The molecule has 0 radical (unpaired) electrons. The van der Waals surface area contributed by atoms with Gasteiger partial charge in [0.25, 0.3) is 0 Å². The van der Waals surface area contributed by atoms with E-state index in [0.717, 1.165) is 5.69 Å². The van der Waals surface area contributed by atoms with E-state index >= 15 is 0 Å². The lowest BCUT2D eigenvalue weighted by Gasteiger charge is -2.30. The zero-order valence-corrected chi connectivity index (χ0v) is 17.5. The predicted octanol–water partition coefficient (Wildman–Crippen LogP) is 1.52. The zero-order valence-electron chi connectivity index (χ0n) is 16.7. The van der Waals surface area contributed by atoms with E-state index in [4.69, 9.17) is 16.3 Å². The second kappa shape index (κ2) is 10.7. The van der Waals surface area contributed by atoms with Gasteiger partial charge in [0, 0.05) is 42.1 Å². The van der Waals surface area contributed by atoms with Crippen molar-refractivity contribution in [3.63, 3.8) is 0 Å². The second-order valence-electron chi connectivity index (χ2n) is 7.27. The Bertz CT molecular complexity index is 826. The van der Waals surface area contributed by atoms with Crippen molar-refractivity contribution >= 4 is 23.3 Å². The summed E-state index contributed by atoms with van der Waals surface area (Å²) >= 11 is 5.93. The highest BCUT2D eigenvalue weighted by atomic mass is 35.5. The first-order valence-electron chi connectivity index (χ1n) is 9.83. The summed E-state index contributed by atoms with van der Waals surface area (Å²) in [5.74, 6) is 0. The van der Waals surface area contributed by atoms with E-state index in [2.05, 4.69) is 15.6 Å². The number of ether oxygens (including phenoxy) is 1. The number of hydrogen-bond acceptors (Lipinski definition) is 6. The van der Waals surface area contributed by atoms with Gasteiger partial charge in [-0.25, -0.2) is 4.79 Å². The smallest absolute Gasteiger partial charge is 0.319 e. The van der Waals surface area contributed by atoms with Crippen molar-refractivity contribution in [3.8, 4) is 0 Å². The summed E-state index contributed by atoms with van der Waals surface area (Å²) in [6, 6.07) is 11.8. The first-order chi connectivity index (χ1) is 14.5. The Morgan fingerprint density at radius 2 is 2.10 bits per heavy atom. The quantitative estimate of drug-likeness (QED) is 0.502.